The molecule has 0 radical (unpaired) electrons. The van der Waals surface area contributed by atoms with Crippen molar-refractivity contribution in [2.24, 2.45) is 0 Å². The minimum Gasteiger partial charge on any atom is -0.508 e. The summed E-state index contributed by atoms with van der Waals surface area (Å²) in [5, 5.41) is 71.6. The number of ether oxygens (including phenoxy) is 1. The number of aliphatic hydroxyl groups is 1. The minimum absolute atomic E-state index is 0.0301. The number of phenolic OH excluding ortho intramolecular Hbond substituents is 6. The molecule has 0 aromatic heterocycles. The molecule has 7 N–H and O–H groups in total. The number of aliphatic hydroxyl groups excluding tert-OH is 1. The monoisotopic (exact) mass is 514 g/mol. The lowest BCUT2D eigenvalue weighted by atomic mass is 9.89. The van der Waals surface area contributed by atoms with Crippen molar-refractivity contribution in [1.82, 2.24) is 0 Å². The van der Waals surface area contributed by atoms with Crippen LogP contribution >= 0.6 is 0 Å². The van der Waals surface area contributed by atoms with Gasteiger partial charge in [0, 0.05) is 17.7 Å². The van der Waals surface area contributed by atoms with Gasteiger partial charge in [-0.3, -0.25) is 4.79 Å². The van der Waals surface area contributed by atoms with E-state index >= 15 is 0 Å². The molecule has 38 heavy (non-hydrogen) atoms. The number of carbonyl (C=O) groups is 1. The van der Waals surface area contributed by atoms with E-state index < -0.39 is 29.5 Å². The Labute approximate surface area is 216 Å². The van der Waals surface area contributed by atoms with Crippen LogP contribution in [0, 0.1) is 0 Å². The Kier molecular flexibility index (Phi) is 6.06. The summed E-state index contributed by atoms with van der Waals surface area (Å²) in [4.78, 5) is 13.1. The predicted octanol–water partition coefficient (Wildman–Crippen LogP) is 4.43. The van der Waals surface area contributed by atoms with Crippen LogP contribution in [0.5, 0.6) is 40.2 Å². The van der Waals surface area contributed by atoms with E-state index in [-0.39, 0.29) is 45.4 Å². The lowest BCUT2D eigenvalue weighted by Crippen LogP contribution is -2.36. The second kappa shape index (κ2) is 9.38. The maximum Gasteiger partial charge on any atom is 0.202 e. The minimum atomic E-state index is -1.68. The summed E-state index contributed by atoms with van der Waals surface area (Å²) in [5.74, 6) is -2.70. The normalized spacial score (nSPS) is 16.8. The molecule has 192 valence electrons. The molecular weight excluding hydrogens is 492 g/mol. The first-order valence-corrected chi connectivity index (χ1v) is 11.4. The van der Waals surface area contributed by atoms with Crippen LogP contribution in [0.25, 0.3) is 23.3 Å². The van der Waals surface area contributed by atoms with Crippen molar-refractivity contribution >= 4 is 17.9 Å². The zero-order chi connectivity index (χ0) is 27.1. The molecule has 0 spiro atoms. The molecule has 2 atom stereocenters. The summed E-state index contributed by atoms with van der Waals surface area (Å²) < 4.78 is 5.98. The Bertz CT molecular complexity index is 1570. The standard InChI is InChI=1S/C29H22O9/c30-17-6-4-16(5-7-17)28-27(37)26(36)25-23(35)13-22(34)24(29(25)38-28)20-11-14(3-8-21(20)33)1-2-15-9-18(31)12-19(32)10-15/h1-13,27-28,30-35,37H/b2-1+/t27-,28+/m0/s1. The highest BCUT2D eigenvalue weighted by molar-refractivity contribution is 6.08. The van der Waals surface area contributed by atoms with Crippen LogP contribution in [-0.2, 0) is 0 Å². The van der Waals surface area contributed by atoms with Gasteiger partial charge in [0.2, 0.25) is 5.78 Å². The topological polar surface area (TPSA) is 168 Å². The number of rotatable bonds is 4. The average Bonchev–Trinajstić information content (AvgIpc) is 2.86. The second-order valence-corrected chi connectivity index (χ2v) is 8.83. The Balaban J connectivity index is 1.62. The molecule has 0 unspecified atom stereocenters. The zero-order valence-electron chi connectivity index (χ0n) is 19.6. The first kappa shape index (κ1) is 24.5. The maximum atomic E-state index is 13.1. The highest BCUT2D eigenvalue weighted by Gasteiger charge is 2.41. The SMILES string of the molecule is O=C1c2c(O)cc(O)c(-c3cc(/C=C/c4cc(O)cc(O)c4)ccc3O)c2O[C@H](c2ccc(O)cc2)[C@H]1O. The molecular formula is C29H22O9. The van der Waals surface area contributed by atoms with E-state index in [1.165, 1.54) is 54.6 Å². The van der Waals surface area contributed by atoms with Crippen LogP contribution in [0.4, 0.5) is 0 Å². The molecule has 0 amide bonds. The summed E-state index contributed by atoms with van der Waals surface area (Å²) in [6.07, 6.45) is 0.339. The quantitative estimate of drug-likeness (QED) is 0.195. The second-order valence-electron chi connectivity index (χ2n) is 8.83. The lowest BCUT2D eigenvalue weighted by Gasteiger charge is -2.32. The molecule has 9 heteroatoms. The van der Waals surface area contributed by atoms with Crippen molar-refractivity contribution in [3.8, 4) is 51.4 Å². The van der Waals surface area contributed by atoms with E-state index in [0.29, 0.717) is 16.7 Å². The molecule has 9 nitrogen and oxygen atoms in total. The van der Waals surface area contributed by atoms with Gasteiger partial charge >= 0.3 is 0 Å². The molecule has 0 bridgehead atoms. The van der Waals surface area contributed by atoms with Crippen molar-refractivity contribution in [2.45, 2.75) is 12.2 Å². The van der Waals surface area contributed by atoms with E-state index in [2.05, 4.69) is 0 Å². The Morgan fingerprint density at radius 2 is 1.26 bits per heavy atom. The van der Waals surface area contributed by atoms with Crippen molar-refractivity contribution in [1.29, 1.82) is 0 Å². The van der Waals surface area contributed by atoms with Gasteiger partial charge in [-0.05, 0) is 53.1 Å². The van der Waals surface area contributed by atoms with E-state index in [9.17, 15) is 40.5 Å². The number of carbonyl (C=O) groups excluding carboxylic acids is 1. The molecule has 4 aromatic rings. The largest absolute Gasteiger partial charge is 0.508 e. The zero-order valence-corrected chi connectivity index (χ0v) is 19.6. The Hall–Kier alpha value is -5.15. The first-order valence-electron chi connectivity index (χ1n) is 11.4. The van der Waals surface area contributed by atoms with E-state index in [0.717, 1.165) is 6.07 Å². The van der Waals surface area contributed by atoms with Crippen LogP contribution in [0.1, 0.15) is 33.2 Å². The molecule has 0 aliphatic carbocycles. The fraction of sp³-hybridized carbons (Fsp3) is 0.0690. The number of hydrogen-bond donors (Lipinski definition) is 7. The summed E-state index contributed by atoms with van der Waals surface area (Å²) in [6, 6.07) is 15.1. The van der Waals surface area contributed by atoms with Crippen molar-refractivity contribution < 1.29 is 45.3 Å². The van der Waals surface area contributed by atoms with Gasteiger partial charge in [-0.25, -0.2) is 0 Å². The van der Waals surface area contributed by atoms with E-state index in [4.69, 9.17) is 4.74 Å². The fourth-order valence-corrected chi connectivity index (χ4v) is 4.40. The van der Waals surface area contributed by atoms with Gasteiger partial charge in [-0.15, -0.1) is 0 Å². The Morgan fingerprint density at radius 1 is 0.632 bits per heavy atom. The highest BCUT2D eigenvalue weighted by Crippen LogP contribution is 2.51. The molecule has 0 saturated heterocycles. The van der Waals surface area contributed by atoms with Crippen molar-refractivity contribution in [2.75, 3.05) is 0 Å². The lowest BCUT2D eigenvalue weighted by molar-refractivity contribution is 0.0213. The number of ketones is 1. The number of hydrogen-bond acceptors (Lipinski definition) is 9. The van der Waals surface area contributed by atoms with Gasteiger partial charge in [-0.1, -0.05) is 30.4 Å². The van der Waals surface area contributed by atoms with Gasteiger partial charge in [0.05, 0.1) is 5.56 Å². The van der Waals surface area contributed by atoms with E-state index in [1.54, 1.807) is 18.2 Å². The summed E-state index contributed by atoms with van der Waals surface area (Å²) >= 11 is 0. The van der Waals surface area contributed by atoms with Crippen molar-refractivity contribution in [3.63, 3.8) is 0 Å². The summed E-state index contributed by atoms with van der Waals surface area (Å²) in [5.41, 5.74) is 1.05. The third kappa shape index (κ3) is 4.42. The van der Waals surface area contributed by atoms with Crippen LogP contribution < -0.4 is 4.74 Å². The molecule has 0 fully saturated rings. The van der Waals surface area contributed by atoms with Crippen LogP contribution in [0.2, 0.25) is 0 Å². The maximum absolute atomic E-state index is 13.1. The molecule has 0 saturated carbocycles. The Morgan fingerprint density at radius 3 is 1.95 bits per heavy atom. The number of aromatic hydroxyl groups is 6. The molecule has 5 rings (SSSR count). The number of Topliss-reactive ketones (excluding diaryl/α,β-unsaturated/α-hetero) is 1. The highest BCUT2D eigenvalue weighted by atomic mass is 16.5. The molecule has 1 aliphatic heterocycles. The van der Waals surface area contributed by atoms with Gasteiger partial charge in [0.1, 0.15) is 45.8 Å². The average molecular weight is 514 g/mol. The van der Waals surface area contributed by atoms with Crippen molar-refractivity contribution in [3.05, 3.63) is 89.0 Å². The van der Waals surface area contributed by atoms with Crippen LogP contribution in [0.3, 0.4) is 0 Å². The third-order valence-corrected chi connectivity index (χ3v) is 6.19. The van der Waals surface area contributed by atoms with Gasteiger partial charge < -0.3 is 40.5 Å². The summed E-state index contributed by atoms with van der Waals surface area (Å²) in [6.45, 7) is 0. The number of benzene rings is 4. The predicted molar refractivity (Wildman–Crippen MR) is 137 cm³/mol. The van der Waals surface area contributed by atoms with Crippen LogP contribution in [0.15, 0.2) is 66.7 Å². The van der Waals surface area contributed by atoms with E-state index in [1.807, 2.05) is 0 Å². The number of phenols is 6. The number of fused-ring (bicyclic) bond motifs is 1. The molecule has 1 heterocycles. The van der Waals surface area contributed by atoms with Gasteiger partial charge in [-0.2, -0.15) is 0 Å². The third-order valence-electron chi connectivity index (χ3n) is 6.19. The van der Waals surface area contributed by atoms with Crippen LogP contribution in [-0.4, -0.2) is 47.6 Å². The summed E-state index contributed by atoms with van der Waals surface area (Å²) in [7, 11) is 0. The molecule has 1 aliphatic rings. The van der Waals surface area contributed by atoms with Gasteiger partial charge in [0.25, 0.3) is 0 Å². The first-order chi connectivity index (χ1) is 18.1. The smallest absolute Gasteiger partial charge is 0.202 e. The van der Waals surface area contributed by atoms with Gasteiger partial charge in [0.15, 0.2) is 12.2 Å². The fourth-order valence-electron chi connectivity index (χ4n) is 4.40. The molecule has 4 aromatic carbocycles.